The predicted molar refractivity (Wildman–Crippen MR) is 86.7 cm³/mol. The number of hydrogen-bond acceptors (Lipinski definition) is 3. The third-order valence-corrected chi connectivity index (χ3v) is 5.48. The first-order valence-electron chi connectivity index (χ1n) is 7.55. The normalized spacial score (nSPS) is 25.6. The molecule has 0 unspecified atom stereocenters. The van der Waals surface area contributed by atoms with Crippen molar-refractivity contribution < 1.29 is 0 Å². The van der Waals surface area contributed by atoms with Gasteiger partial charge in [-0.25, -0.2) is 4.98 Å². The molecule has 0 spiro atoms. The monoisotopic (exact) mass is 347 g/mol. The van der Waals surface area contributed by atoms with Crippen molar-refractivity contribution in [2.75, 3.05) is 13.6 Å². The molecular weight excluding hydrogens is 330 g/mol. The highest BCUT2D eigenvalue weighted by Crippen LogP contribution is 2.36. The van der Waals surface area contributed by atoms with Crippen LogP contribution >= 0.6 is 15.9 Å². The average molecular weight is 348 g/mol. The lowest BCUT2D eigenvalue weighted by Crippen LogP contribution is -2.47. The number of piperidine rings is 1. The smallest absolute Gasteiger partial charge is 0.261 e. The summed E-state index contributed by atoms with van der Waals surface area (Å²) >= 11 is 3.47. The van der Waals surface area contributed by atoms with Crippen LogP contribution in [0.1, 0.15) is 31.0 Å². The van der Waals surface area contributed by atoms with E-state index in [1.807, 2.05) is 22.8 Å². The van der Waals surface area contributed by atoms with Gasteiger partial charge in [0.05, 0.1) is 10.9 Å². The van der Waals surface area contributed by atoms with Crippen LogP contribution in [-0.4, -0.2) is 34.1 Å². The van der Waals surface area contributed by atoms with Crippen molar-refractivity contribution in [3.8, 4) is 0 Å². The zero-order valence-corrected chi connectivity index (χ0v) is 13.6. The Morgan fingerprint density at radius 1 is 1.29 bits per heavy atom. The topological polar surface area (TPSA) is 38.1 Å². The van der Waals surface area contributed by atoms with Crippen LogP contribution in [0.4, 0.5) is 0 Å². The number of benzene rings is 1. The molecule has 5 heteroatoms. The van der Waals surface area contributed by atoms with E-state index in [0.29, 0.717) is 12.0 Å². The van der Waals surface area contributed by atoms with Gasteiger partial charge in [0, 0.05) is 23.0 Å². The second-order valence-corrected chi connectivity index (χ2v) is 7.09. The third-order valence-electron chi connectivity index (χ3n) is 4.98. The Hall–Kier alpha value is -1.20. The minimum absolute atomic E-state index is 0.120. The lowest BCUT2D eigenvalue weighted by molar-refractivity contribution is 0.123. The van der Waals surface area contributed by atoms with E-state index in [9.17, 15) is 4.79 Å². The minimum Gasteiger partial charge on any atom is -0.303 e. The van der Waals surface area contributed by atoms with Crippen LogP contribution in [0, 0.1) is 0 Å². The second kappa shape index (κ2) is 4.92. The summed E-state index contributed by atoms with van der Waals surface area (Å²) in [6.07, 6.45) is 3.38. The van der Waals surface area contributed by atoms with Gasteiger partial charge >= 0.3 is 0 Å². The Bertz CT molecular complexity index is 770. The minimum atomic E-state index is 0.120. The fraction of sp³-hybridized carbons (Fsp3) is 0.500. The van der Waals surface area contributed by atoms with E-state index in [0.717, 1.165) is 47.1 Å². The highest BCUT2D eigenvalue weighted by molar-refractivity contribution is 9.10. The molecule has 0 amide bonds. The quantitative estimate of drug-likeness (QED) is 0.735. The Morgan fingerprint density at radius 3 is 3.00 bits per heavy atom. The predicted octanol–water partition coefficient (Wildman–Crippen LogP) is 2.74. The molecule has 2 atom stereocenters. The molecule has 2 aliphatic heterocycles. The fourth-order valence-electron chi connectivity index (χ4n) is 3.92. The standard InChI is InChI=1S/C16H18BrN3O/c1-19-7-2-3-12-14(19)6-8-20-15(12)18-13-9-10(17)4-5-11(13)16(20)21/h4-5,9,12,14H,2-3,6-8H2,1H3/t12-,14+/m0/s1. The van der Waals surface area contributed by atoms with E-state index >= 15 is 0 Å². The number of halogens is 1. The summed E-state index contributed by atoms with van der Waals surface area (Å²) in [6.45, 7) is 1.95. The number of likely N-dealkylation sites (N-methyl/N-ethyl adjacent to an activating group) is 1. The molecule has 110 valence electrons. The summed E-state index contributed by atoms with van der Waals surface area (Å²) < 4.78 is 2.89. The van der Waals surface area contributed by atoms with Gasteiger partial charge in [0.1, 0.15) is 5.82 Å². The van der Waals surface area contributed by atoms with Gasteiger partial charge in [-0.05, 0) is 51.1 Å². The summed E-state index contributed by atoms with van der Waals surface area (Å²) in [5, 5.41) is 0.726. The molecule has 0 saturated carbocycles. The molecule has 4 nitrogen and oxygen atoms in total. The first-order chi connectivity index (χ1) is 10.1. The van der Waals surface area contributed by atoms with Crippen molar-refractivity contribution in [2.24, 2.45) is 0 Å². The second-order valence-electron chi connectivity index (χ2n) is 6.17. The summed E-state index contributed by atoms with van der Waals surface area (Å²) in [5.41, 5.74) is 0.934. The molecule has 0 N–H and O–H groups in total. The van der Waals surface area contributed by atoms with Gasteiger partial charge in [-0.3, -0.25) is 9.36 Å². The molecule has 1 aromatic carbocycles. The Balaban J connectivity index is 1.94. The highest BCUT2D eigenvalue weighted by atomic mass is 79.9. The highest BCUT2D eigenvalue weighted by Gasteiger charge is 2.36. The third kappa shape index (κ3) is 2.06. The Kier molecular flexibility index (Phi) is 3.15. The molecular formula is C16H18BrN3O. The summed E-state index contributed by atoms with van der Waals surface area (Å²) in [6, 6.07) is 6.28. The molecule has 3 heterocycles. The van der Waals surface area contributed by atoms with Gasteiger partial charge in [0.15, 0.2) is 0 Å². The molecule has 1 saturated heterocycles. The van der Waals surface area contributed by atoms with Crippen molar-refractivity contribution in [1.82, 2.24) is 14.5 Å². The molecule has 1 fully saturated rings. The van der Waals surface area contributed by atoms with E-state index < -0.39 is 0 Å². The lowest BCUT2D eigenvalue weighted by atomic mass is 9.84. The first-order valence-corrected chi connectivity index (χ1v) is 8.34. The van der Waals surface area contributed by atoms with Gasteiger partial charge in [-0.2, -0.15) is 0 Å². The summed E-state index contributed by atoms with van der Waals surface area (Å²) in [4.78, 5) is 20.0. The number of hydrogen-bond donors (Lipinski definition) is 0. The zero-order valence-electron chi connectivity index (χ0n) is 12.1. The van der Waals surface area contributed by atoms with Gasteiger partial charge in [-0.1, -0.05) is 15.9 Å². The molecule has 4 rings (SSSR count). The number of aromatic nitrogens is 2. The Morgan fingerprint density at radius 2 is 2.14 bits per heavy atom. The van der Waals surface area contributed by atoms with Crippen LogP contribution in [0.5, 0.6) is 0 Å². The maximum absolute atomic E-state index is 12.7. The van der Waals surface area contributed by atoms with Crippen LogP contribution in [0.3, 0.4) is 0 Å². The van der Waals surface area contributed by atoms with E-state index in [1.54, 1.807) is 0 Å². The molecule has 0 radical (unpaired) electrons. The van der Waals surface area contributed by atoms with Crippen molar-refractivity contribution in [3.05, 3.63) is 38.9 Å². The van der Waals surface area contributed by atoms with Crippen molar-refractivity contribution in [3.63, 3.8) is 0 Å². The summed E-state index contributed by atoms with van der Waals surface area (Å²) in [5.74, 6) is 1.39. The fourth-order valence-corrected chi connectivity index (χ4v) is 4.27. The number of rotatable bonds is 0. The SMILES string of the molecule is CN1CCC[C@@H]2c3nc4cc(Br)ccc4c(=O)n3CC[C@H]21. The molecule has 2 aliphatic rings. The van der Waals surface area contributed by atoms with E-state index in [2.05, 4.69) is 27.9 Å². The van der Waals surface area contributed by atoms with Crippen molar-refractivity contribution in [1.29, 1.82) is 0 Å². The first kappa shape index (κ1) is 13.5. The molecule has 1 aromatic heterocycles. The number of likely N-dealkylation sites (tertiary alicyclic amines) is 1. The molecule has 0 bridgehead atoms. The number of fused-ring (bicyclic) bond motifs is 4. The largest absolute Gasteiger partial charge is 0.303 e. The van der Waals surface area contributed by atoms with Crippen LogP contribution in [0.15, 0.2) is 27.5 Å². The van der Waals surface area contributed by atoms with Crippen LogP contribution < -0.4 is 5.56 Å². The maximum atomic E-state index is 12.7. The van der Waals surface area contributed by atoms with Crippen LogP contribution in [-0.2, 0) is 6.54 Å². The lowest BCUT2D eigenvalue weighted by Gasteiger charge is -2.42. The van der Waals surface area contributed by atoms with E-state index in [4.69, 9.17) is 4.98 Å². The van der Waals surface area contributed by atoms with E-state index in [-0.39, 0.29) is 5.56 Å². The average Bonchev–Trinajstić information content (AvgIpc) is 2.47. The maximum Gasteiger partial charge on any atom is 0.261 e. The van der Waals surface area contributed by atoms with Gasteiger partial charge in [-0.15, -0.1) is 0 Å². The van der Waals surface area contributed by atoms with Gasteiger partial charge in [0.25, 0.3) is 5.56 Å². The van der Waals surface area contributed by atoms with E-state index in [1.165, 1.54) is 6.42 Å². The molecule has 21 heavy (non-hydrogen) atoms. The van der Waals surface area contributed by atoms with Crippen LogP contribution in [0.25, 0.3) is 10.9 Å². The molecule has 0 aliphatic carbocycles. The van der Waals surface area contributed by atoms with Crippen molar-refractivity contribution >= 4 is 26.8 Å². The van der Waals surface area contributed by atoms with Gasteiger partial charge < -0.3 is 4.90 Å². The Labute approximate surface area is 131 Å². The summed E-state index contributed by atoms with van der Waals surface area (Å²) in [7, 11) is 2.20. The molecule has 2 aromatic rings. The van der Waals surface area contributed by atoms with Crippen molar-refractivity contribution in [2.45, 2.75) is 37.8 Å². The zero-order chi connectivity index (χ0) is 14.6. The number of nitrogens with zero attached hydrogens (tertiary/aromatic N) is 3. The van der Waals surface area contributed by atoms with Crippen LogP contribution in [0.2, 0.25) is 0 Å². The van der Waals surface area contributed by atoms with Gasteiger partial charge in [0.2, 0.25) is 0 Å².